The van der Waals surface area contributed by atoms with Crippen LogP contribution in [0, 0.1) is 5.92 Å². The first-order chi connectivity index (χ1) is 16.4. The van der Waals surface area contributed by atoms with Gasteiger partial charge in [0, 0.05) is 30.0 Å². The lowest BCUT2D eigenvalue weighted by Gasteiger charge is -2.33. The van der Waals surface area contributed by atoms with Gasteiger partial charge in [-0.3, -0.25) is 9.69 Å². The van der Waals surface area contributed by atoms with E-state index in [2.05, 4.69) is 28.8 Å². The number of nitrogens with two attached hydrogens (primary N) is 1. The minimum absolute atomic E-state index is 0.0443. The average Bonchev–Trinajstić information content (AvgIpc) is 3.21. The molecule has 1 saturated carbocycles. The van der Waals surface area contributed by atoms with Gasteiger partial charge in [0.15, 0.2) is 0 Å². The minimum Gasteiger partial charge on any atom is -0.465 e. The van der Waals surface area contributed by atoms with Gasteiger partial charge in [-0.15, -0.1) is 0 Å². The molecule has 1 aromatic heterocycles. The lowest BCUT2D eigenvalue weighted by molar-refractivity contribution is -0.122. The number of nitrogens with zero attached hydrogens (tertiary/aromatic N) is 3. The number of amides is 2. The Hall–Kier alpha value is -3.35. The van der Waals surface area contributed by atoms with Crippen LogP contribution in [0.15, 0.2) is 42.5 Å². The summed E-state index contributed by atoms with van der Waals surface area (Å²) in [6.45, 7) is 1.96. The van der Waals surface area contributed by atoms with Crippen LogP contribution in [0.1, 0.15) is 62.0 Å². The van der Waals surface area contributed by atoms with Gasteiger partial charge < -0.3 is 15.4 Å². The molecule has 1 aliphatic carbocycles. The van der Waals surface area contributed by atoms with Crippen molar-refractivity contribution in [1.29, 1.82) is 0 Å². The summed E-state index contributed by atoms with van der Waals surface area (Å²) in [6.07, 6.45) is 5.78. The standard InChI is InChI=1S/C27H32N4O3/c1-17-7-13-21-22(30(17)27(33)34)14-15-23-25(21)29-24(16-8-18-5-3-2-4-6-18)31(23)20-11-9-19(10-12-20)26(28)32/h2-6,14-15,17,19-20H,7-13,16H2,1H3,(H2,28,32)(H,33,34)/t17-,19-,20+/m0/s1. The number of imidazole rings is 1. The third-order valence-corrected chi connectivity index (χ3v) is 7.68. The van der Waals surface area contributed by atoms with Crippen LogP contribution in [0.4, 0.5) is 10.5 Å². The zero-order valence-electron chi connectivity index (χ0n) is 19.6. The van der Waals surface area contributed by atoms with Crippen LogP contribution in [0.25, 0.3) is 11.0 Å². The average molecular weight is 461 g/mol. The number of hydrogen-bond acceptors (Lipinski definition) is 3. The molecule has 7 nitrogen and oxygen atoms in total. The number of primary amides is 1. The van der Waals surface area contributed by atoms with Crippen molar-refractivity contribution in [2.24, 2.45) is 11.7 Å². The molecule has 2 amide bonds. The van der Waals surface area contributed by atoms with E-state index in [1.165, 1.54) is 10.5 Å². The summed E-state index contributed by atoms with van der Waals surface area (Å²) >= 11 is 0. The predicted octanol–water partition coefficient (Wildman–Crippen LogP) is 4.86. The Kier molecular flexibility index (Phi) is 6.02. The quantitative estimate of drug-likeness (QED) is 0.568. The predicted molar refractivity (Wildman–Crippen MR) is 132 cm³/mol. The molecular weight excluding hydrogens is 428 g/mol. The van der Waals surface area contributed by atoms with Crippen LogP contribution in [0.2, 0.25) is 0 Å². The zero-order valence-corrected chi connectivity index (χ0v) is 19.6. The number of hydrogen-bond donors (Lipinski definition) is 2. The van der Waals surface area contributed by atoms with Crippen LogP contribution < -0.4 is 10.6 Å². The van der Waals surface area contributed by atoms with Gasteiger partial charge in [-0.1, -0.05) is 30.3 Å². The number of benzene rings is 2. The highest BCUT2D eigenvalue weighted by molar-refractivity contribution is 5.94. The topological polar surface area (TPSA) is 101 Å². The minimum atomic E-state index is -0.915. The van der Waals surface area contributed by atoms with Gasteiger partial charge in [0.1, 0.15) is 5.82 Å². The summed E-state index contributed by atoms with van der Waals surface area (Å²) in [4.78, 5) is 30.3. The first-order valence-electron chi connectivity index (χ1n) is 12.3. The summed E-state index contributed by atoms with van der Waals surface area (Å²) in [6, 6.07) is 14.6. The monoisotopic (exact) mass is 460 g/mol. The fourth-order valence-electron chi connectivity index (χ4n) is 5.84. The van der Waals surface area contributed by atoms with E-state index in [9.17, 15) is 14.7 Å². The fraction of sp³-hybridized carbons (Fsp3) is 0.444. The van der Waals surface area contributed by atoms with Crippen molar-refractivity contribution >= 4 is 28.7 Å². The Morgan fingerprint density at radius 3 is 2.44 bits per heavy atom. The van der Waals surface area contributed by atoms with E-state index < -0.39 is 6.09 Å². The summed E-state index contributed by atoms with van der Waals surface area (Å²) in [7, 11) is 0. The molecule has 178 valence electrons. The normalized spacial score (nSPS) is 22.5. The number of rotatable bonds is 5. The Balaban J connectivity index is 1.56. The molecule has 3 aromatic rings. The van der Waals surface area contributed by atoms with Gasteiger partial charge >= 0.3 is 6.09 Å². The van der Waals surface area contributed by atoms with Crippen molar-refractivity contribution in [3.8, 4) is 0 Å². The van der Waals surface area contributed by atoms with E-state index >= 15 is 0 Å². The second-order valence-corrected chi connectivity index (χ2v) is 9.76. The number of carboxylic acid groups (broad SMARTS) is 1. The van der Waals surface area contributed by atoms with E-state index in [0.29, 0.717) is 0 Å². The number of carbonyl (C=O) groups is 2. The molecule has 1 fully saturated rings. The van der Waals surface area contributed by atoms with Gasteiger partial charge in [-0.25, -0.2) is 9.78 Å². The van der Waals surface area contributed by atoms with E-state index in [4.69, 9.17) is 10.7 Å². The molecule has 1 atom stereocenters. The maximum Gasteiger partial charge on any atom is 0.412 e. The highest BCUT2D eigenvalue weighted by Gasteiger charge is 2.32. The Labute approximate surface area is 199 Å². The van der Waals surface area contributed by atoms with Crippen LogP contribution in [-0.2, 0) is 24.1 Å². The van der Waals surface area contributed by atoms with Crippen molar-refractivity contribution in [3.63, 3.8) is 0 Å². The Bertz CT molecular complexity index is 1210. The van der Waals surface area contributed by atoms with Crippen molar-refractivity contribution in [2.75, 3.05) is 4.90 Å². The van der Waals surface area contributed by atoms with Crippen LogP contribution in [-0.4, -0.2) is 32.7 Å². The van der Waals surface area contributed by atoms with E-state index in [1.807, 2.05) is 25.1 Å². The molecule has 0 bridgehead atoms. The maximum atomic E-state index is 12.0. The molecule has 0 saturated heterocycles. The van der Waals surface area contributed by atoms with Gasteiger partial charge in [0.2, 0.25) is 5.91 Å². The summed E-state index contributed by atoms with van der Waals surface area (Å²) < 4.78 is 2.37. The van der Waals surface area contributed by atoms with Crippen LogP contribution >= 0.6 is 0 Å². The summed E-state index contributed by atoms with van der Waals surface area (Å²) in [5, 5.41) is 9.83. The van der Waals surface area contributed by atoms with Crippen molar-refractivity contribution in [2.45, 2.75) is 70.4 Å². The molecule has 0 unspecified atom stereocenters. The molecule has 2 aromatic carbocycles. The zero-order chi connectivity index (χ0) is 23.8. The molecule has 1 aliphatic heterocycles. The van der Waals surface area contributed by atoms with Gasteiger partial charge in [0.25, 0.3) is 0 Å². The number of aryl methyl sites for hydroxylation is 3. The molecule has 2 aliphatic rings. The number of fused-ring (bicyclic) bond motifs is 3. The molecular formula is C27H32N4O3. The molecule has 3 N–H and O–H groups in total. The van der Waals surface area contributed by atoms with Gasteiger partial charge in [0.05, 0.1) is 16.7 Å². The van der Waals surface area contributed by atoms with Crippen LogP contribution in [0.3, 0.4) is 0 Å². The highest BCUT2D eigenvalue weighted by Crippen LogP contribution is 2.40. The molecule has 0 spiro atoms. The second-order valence-electron chi connectivity index (χ2n) is 9.76. The van der Waals surface area contributed by atoms with Crippen molar-refractivity contribution < 1.29 is 14.7 Å². The fourth-order valence-corrected chi connectivity index (χ4v) is 5.84. The maximum absolute atomic E-state index is 12.0. The van der Waals surface area contributed by atoms with E-state index in [0.717, 1.165) is 79.5 Å². The Morgan fingerprint density at radius 2 is 1.76 bits per heavy atom. The summed E-state index contributed by atoms with van der Waals surface area (Å²) in [5.74, 6) is 0.794. The van der Waals surface area contributed by atoms with Crippen molar-refractivity contribution in [3.05, 3.63) is 59.4 Å². The van der Waals surface area contributed by atoms with Crippen molar-refractivity contribution in [1.82, 2.24) is 9.55 Å². The highest BCUT2D eigenvalue weighted by atomic mass is 16.4. The first-order valence-corrected chi connectivity index (χ1v) is 12.3. The molecule has 5 rings (SSSR count). The molecule has 34 heavy (non-hydrogen) atoms. The number of anilines is 1. The number of carbonyl (C=O) groups excluding carboxylic acids is 1. The van der Waals surface area contributed by atoms with Crippen LogP contribution in [0.5, 0.6) is 0 Å². The molecule has 2 heterocycles. The van der Waals surface area contributed by atoms with Gasteiger partial charge in [-0.2, -0.15) is 0 Å². The number of aromatic nitrogens is 2. The first kappa shape index (κ1) is 22.4. The third kappa shape index (κ3) is 4.04. The lowest BCUT2D eigenvalue weighted by atomic mass is 9.85. The second kappa shape index (κ2) is 9.12. The van der Waals surface area contributed by atoms with E-state index in [-0.39, 0.29) is 23.9 Å². The largest absolute Gasteiger partial charge is 0.465 e. The molecule has 0 radical (unpaired) electrons. The van der Waals surface area contributed by atoms with Gasteiger partial charge in [-0.05, 0) is 69.6 Å². The molecule has 7 heteroatoms. The van der Waals surface area contributed by atoms with E-state index in [1.54, 1.807) is 0 Å². The third-order valence-electron chi connectivity index (χ3n) is 7.68. The Morgan fingerprint density at radius 1 is 1.03 bits per heavy atom. The lowest BCUT2D eigenvalue weighted by Crippen LogP contribution is -2.41. The smallest absolute Gasteiger partial charge is 0.412 e. The SMILES string of the molecule is C[C@H]1CCc2c(ccc3c2nc(CCc2ccccc2)n3[C@H]2CC[C@@H](C(N)=O)CC2)N1C(=O)O. The summed E-state index contributed by atoms with van der Waals surface area (Å²) in [5.41, 5.74) is 10.6.